The lowest BCUT2D eigenvalue weighted by Gasteiger charge is -2.27. The van der Waals surface area contributed by atoms with Crippen LogP contribution in [0.25, 0.3) is 0 Å². The number of nitrogens with two attached hydrogens (primary N) is 1. The predicted octanol–water partition coefficient (Wildman–Crippen LogP) is 5.22. The van der Waals surface area contributed by atoms with Gasteiger partial charge in [0.05, 0.1) is 30.1 Å². The second-order valence-corrected chi connectivity index (χ2v) is 8.43. The van der Waals surface area contributed by atoms with Crippen molar-refractivity contribution in [1.82, 2.24) is 0 Å². The molecule has 3 aromatic carbocycles. The summed E-state index contributed by atoms with van der Waals surface area (Å²) in [4.78, 5) is 22.9. The topological polar surface area (TPSA) is 147 Å². The number of ether oxygens (including phenoxy) is 4. The zero-order chi connectivity index (χ0) is 27.2. The highest BCUT2D eigenvalue weighted by Crippen LogP contribution is 2.45. The first kappa shape index (κ1) is 26.0. The Balaban J connectivity index is 1.63. The molecule has 1 aliphatic rings. The second kappa shape index (κ2) is 11.3. The van der Waals surface area contributed by atoms with Crippen LogP contribution in [0, 0.1) is 21.4 Å². The van der Waals surface area contributed by atoms with Crippen molar-refractivity contribution in [1.29, 1.82) is 5.26 Å². The van der Waals surface area contributed by atoms with Gasteiger partial charge in [0.1, 0.15) is 23.1 Å². The minimum atomic E-state index is -0.697. The van der Waals surface area contributed by atoms with Crippen LogP contribution in [0.3, 0.4) is 0 Å². The van der Waals surface area contributed by atoms with E-state index >= 15 is 0 Å². The number of rotatable bonds is 9. The summed E-state index contributed by atoms with van der Waals surface area (Å²) in [6, 6.07) is 17.4. The number of nitro benzene ring substituents is 1. The highest BCUT2D eigenvalue weighted by molar-refractivity contribution is 5.91. The summed E-state index contributed by atoms with van der Waals surface area (Å²) in [7, 11) is 1.55. The molecule has 2 N–H and O–H groups in total. The number of non-ortho nitro benzene ring substituents is 1. The fraction of sp³-hybridized carbons (Fsp3) is 0.214. The molecule has 0 amide bonds. The maximum atomic E-state index is 12.6. The van der Waals surface area contributed by atoms with Crippen LogP contribution in [0.5, 0.6) is 23.0 Å². The first-order valence-electron chi connectivity index (χ1n) is 11.8. The smallest absolute Gasteiger partial charge is 0.343 e. The van der Waals surface area contributed by atoms with Gasteiger partial charge in [0, 0.05) is 23.8 Å². The summed E-state index contributed by atoms with van der Waals surface area (Å²) in [5, 5.41) is 20.7. The van der Waals surface area contributed by atoms with E-state index in [2.05, 4.69) is 13.0 Å². The zero-order valence-corrected chi connectivity index (χ0v) is 20.8. The lowest BCUT2D eigenvalue weighted by molar-refractivity contribution is -0.384. The highest BCUT2D eigenvalue weighted by atomic mass is 16.6. The number of nitro groups is 1. The molecular formula is C28H25N3O7. The number of carbonyl (C=O) groups is 1. The van der Waals surface area contributed by atoms with Gasteiger partial charge in [-0.15, -0.1) is 0 Å². The maximum absolute atomic E-state index is 12.6. The molecule has 0 saturated carbocycles. The number of nitriles is 1. The molecule has 1 unspecified atom stereocenters. The fourth-order valence-corrected chi connectivity index (χ4v) is 4.04. The monoisotopic (exact) mass is 515 g/mol. The molecule has 0 bridgehead atoms. The molecular weight excluding hydrogens is 490 g/mol. The summed E-state index contributed by atoms with van der Waals surface area (Å²) in [6.45, 7) is 2.64. The zero-order valence-electron chi connectivity index (χ0n) is 20.8. The van der Waals surface area contributed by atoms with Crippen molar-refractivity contribution < 1.29 is 28.7 Å². The number of hydrogen-bond donors (Lipinski definition) is 1. The molecule has 0 aliphatic carbocycles. The molecule has 1 heterocycles. The Morgan fingerprint density at radius 2 is 1.89 bits per heavy atom. The largest absolute Gasteiger partial charge is 0.493 e. The third-order valence-corrected chi connectivity index (χ3v) is 5.99. The summed E-state index contributed by atoms with van der Waals surface area (Å²) in [6.07, 6.45) is 1.91. The molecule has 10 heteroatoms. The van der Waals surface area contributed by atoms with E-state index in [1.54, 1.807) is 31.4 Å². The summed E-state index contributed by atoms with van der Waals surface area (Å²) < 4.78 is 22.5. The van der Waals surface area contributed by atoms with E-state index in [1.165, 1.54) is 30.3 Å². The van der Waals surface area contributed by atoms with Crippen LogP contribution >= 0.6 is 0 Å². The number of methoxy groups -OCH3 is 1. The number of carbonyl (C=O) groups excluding carboxylic acids is 1. The van der Waals surface area contributed by atoms with Crippen molar-refractivity contribution in [3.8, 4) is 29.1 Å². The molecule has 4 rings (SSSR count). The van der Waals surface area contributed by atoms with Crippen molar-refractivity contribution in [2.45, 2.75) is 25.7 Å². The molecule has 0 radical (unpaired) electrons. The Labute approximate surface area is 219 Å². The van der Waals surface area contributed by atoms with Crippen LogP contribution in [0.2, 0.25) is 0 Å². The van der Waals surface area contributed by atoms with E-state index < -0.39 is 16.8 Å². The molecule has 0 fully saturated rings. The summed E-state index contributed by atoms with van der Waals surface area (Å²) in [5.74, 6) is 0.306. The second-order valence-electron chi connectivity index (χ2n) is 8.43. The van der Waals surface area contributed by atoms with E-state index in [0.717, 1.165) is 18.4 Å². The summed E-state index contributed by atoms with van der Waals surface area (Å²) >= 11 is 0. The number of allylic oxidation sites excluding steroid dienone is 1. The van der Waals surface area contributed by atoms with Gasteiger partial charge in [0.25, 0.3) is 5.69 Å². The van der Waals surface area contributed by atoms with Gasteiger partial charge < -0.3 is 24.7 Å². The number of unbranched alkanes of at least 4 members (excludes halogenated alkanes) is 1. The normalized spacial score (nSPS) is 14.1. The van der Waals surface area contributed by atoms with Crippen LogP contribution in [-0.4, -0.2) is 24.6 Å². The van der Waals surface area contributed by atoms with Gasteiger partial charge in [-0.05, 0) is 42.3 Å². The number of nitrogens with zero attached hydrogens (tertiary/aromatic N) is 2. The van der Waals surface area contributed by atoms with Crippen molar-refractivity contribution in [3.05, 3.63) is 98.9 Å². The standard InChI is InChI=1S/C28H25N3O7/c1-3-4-13-36-23-12-7-18(14-25(23)35-2)26-21-11-10-20(15-24(21)38-27(30)22(26)16-29)37-28(32)17-5-8-19(9-6-17)31(33)34/h5-12,14-15,26H,3-4,13,30H2,1-2H3. The third-order valence-electron chi connectivity index (χ3n) is 5.99. The van der Waals surface area contributed by atoms with E-state index in [1.807, 2.05) is 6.07 Å². The predicted molar refractivity (Wildman–Crippen MR) is 137 cm³/mol. The molecule has 10 nitrogen and oxygen atoms in total. The Morgan fingerprint density at radius 1 is 1.13 bits per heavy atom. The van der Waals surface area contributed by atoms with Gasteiger partial charge in [-0.1, -0.05) is 25.5 Å². The van der Waals surface area contributed by atoms with Gasteiger partial charge >= 0.3 is 5.97 Å². The van der Waals surface area contributed by atoms with E-state index in [0.29, 0.717) is 29.4 Å². The highest BCUT2D eigenvalue weighted by Gasteiger charge is 2.32. The van der Waals surface area contributed by atoms with Crippen molar-refractivity contribution in [2.24, 2.45) is 5.73 Å². The number of esters is 1. The van der Waals surface area contributed by atoms with E-state index in [4.69, 9.17) is 24.7 Å². The quantitative estimate of drug-likeness (QED) is 0.133. The number of hydrogen-bond acceptors (Lipinski definition) is 9. The first-order chi connectivity index (χ1) is 18.4. The van der Waals surface area contributed by atoms with Crippen LogP contribution in [0.1, 0.15) is 47.2 Å². The molecule has 3 aromatic rings. The van der Waals surface area contributed by atoms with Gasteiger partial charge in [-0.2, -0.15) is 5.26 Å². The van der Waals surface area contributed by atoms with E-state index in [9.17, 15) is 20.2 Å². The first-order valence-corrected chi connectivity index (χ1v) is 11.8. The minimum Gasteiger partial charge on any atom is -0.493 e. The van der Waals surface area contributed by atoms with E-state index in [-0.39, 0.29) is 28.5 Å². The molecule has 1 atom stereocenters. The van der Waals surface area contributed by atoms with Gasteiger partial charge in [0.2, 0.25) is 5.88 Å². The molecule has 0 spiro atoms. The van der Waals surface area contributed by atoms with Crippen LogP contribution < -0.4 is 24.7 Å². The van der Waals surface area contributed by atoms with Gasteiger partial charge in [0.15, 0.2) is 11.5 Å². The molecule has 0 saturated heterocycles. The number of benzene rings is 3. The molecule has 38 heavy (non-hydrogen) atoms. The Hall–Kier alpha value is -5.04. The lowest BCUT2D eigenvalue weighted by Crippen LogP contribution is -2.21. The fourth-order valence-electron chi connectivity index (χ4n) is 4.04. The SMILES string of the molecule is CCCCOc1ccc(C2C(C#N)=C(N)Oc3cc(OC(=O)c4ccc([N+](=O)[O-])cc4)ccc32)cc1OC. The molecule has 0 aromatic heterocycles. The number of fused-ring (bicyclic) bond motifs is 1. The van der Waals surface area contributed by atoms with Crippen LogP contribution in [-0.2, 0) is 0 Å². The average Bonchev–Trinajstić information content (AvgIpc) is 2.92. The van der Waals surface area contributed by atoms with Crippen molar-refractivity contribution in [3.63, 3.8) is 0 Å². The van der Waals surface area contributed by atoms with Crippen LogP contribution in [0.15, 0.2) is 72.1 Å². The third kappa shape index (κ3) is 5.37. The summed E-state index contributed by atoms with van der Waals surface area (Å²) in [5.41, 5.74) is 7.74. The van der Waals surface area contributed by atoms with Crippen molar-refractivity contribution >= 4 is 11.7 Å². The molecule has 1 aliphatic heterocycles. The Kier molecular flexibility index (Phi) is 7.77. The van der Waals surface area contributed by atoms with Gasteiger partial charge in [-0.25, -0.2) is 4.79 Å². The minimum absolute atomic E-state index is 0.0638. The Bertz CT molecular complexity index is 1440. The van der Waals surface area contributed by atoms with Crippen molar-refractivity contribution in [2.75, 3.05) is 13.7 Å². The van der Waals surface area contributed by atoms with Gasteiger partial charge in [-0.3, -0.25) is 10.1 Å². The Morgan fingerprint density at radius 3 is 2.55 bits per heavy atom. The maximum Gasteiger partial charge on any atom is 0.343 e. The average molecular weight is 516 g/mol. The lowest BCUT2D eigenvalue weighted by atomic mass is 9.83. The van der Waals surface area contributed by atoms with Crippen LogP contribution in [0.4, 0.5) is 5.69 Å². The molecule has 194 valence electrons.